The number of nitrogens with zero attached hydrogens (tertiary/aromatic N) is 3. The minimum atomic E-state index is -3.55. The first-order valence-electron chi connectivity index (χ1n) is 11.0. The lowest BCUT2D eigenvalue weighted by molar-refractivity contribution is 0.0746. The van der Waals surface area contributed by atoms with E-state index < -0.39 is 50.3 Å². The molecule has 0 aromatic heterocycles. The van der Waals surface area contributed by atoms with Crippen molar-refractivity contribution in [1.29, 1.82) is 0 Å². The highest BCUT2D eigenvalue weighted by Crippen LogP contribution is 2.32. The molecule has 34 heavy (non-hydrogen) atoms. The van der Waals surface area contributed by atoms with Gasteiger partial charge in [-0.2, -0.15) is 0 Å². The first-order valence-corrected chi connectivity index (χ1v) is 12.9. The Morgan fingerprint density at radius 2 is 1.38 bits per heavy atom. The van der Waals surface area contributed by atoms with Crippen molar-refractivity contribution in [2.75, 3.05) is 55.3 Å². The second kappa shape index (κ2) is 9.09. The molecule has 2 heterocycles. The fourth-order valence-corrected chi connectivity index (χ4v) is 5.11. The van der Waals surface area contributed by atoms with Gasteiger partial charge in [0.05, 0.1) is 10.5 Å². The van der Waals surface area contributed by atoms with E-state index in [1.807, 2.05) is 4.90 Å². The molecular formula is C23H25F4N3O3S. The Morgan fingerprint density at radius 3 is 1.91 bits per heavy atom. The molecule has 0 spiro atoms. The minimum Gasteiger partial charge on any atom is -0.371 e. The number of rotatable bonds is 4. The van der Waals surface area contributed by atoms with Crippen LogP contribution in [0.5, 0.6) is 0 Å². The fraction of sp³-hybridized carbons (Fsp3) is 0.435. The van der Waals surface area contributed by atoms with Crippen molar-refractivity contribution in [2.45, 2.75) is 24.7 Å². The van der Waals surface area contributed by atoms with Crippen molar-refractivity contribution < 1.29 is 30.8 Å². The highest BCUT2D eigenvalue weighted by molar-refractivity contribution is 7.90. The van der Waals surface area contributed by atoms with Gasteiger partial charge >= 0.3 is 0 Å². The van der Waals surface area contributed by atoms with Gasteiger partial charge in [0.1, 0.15) is 5.69 Å². The summed E-state index contributed by atoms with van der Waals surface area (Å²) >= 11 is 0. The lowest BCUT2D eigenvalue weighted by Gasteiger charge is -2.37. The Labute approximate surface area is 195 Å². The number of benzene rings is 2. The topological polar surface area (TPSA) is 60.9 Å². The van der Waals surface area contributed by atoms with Gasteiger partial charge in [0.2, 0.25) is 0 Å². The summed E-state index contributed by atoms with van der Waals surface area (Å²) in [5, 5.41) is 0. The van der Waals surface area contributed by atoms with Crippen molar-refractivity contribution in [3.8, 4) is 0 Å². The molecule has 2 aromatic rings. The van der Waals surface area contributed by atoms with Crippen LogP contribution in [0.25, 0.3) is 0 Å². The Hall–Kier alpha value is -2.82. The number of carbonyl (C=O) groups is 1. The molecule has 0 bridgehead atoms. The van der Waals surface area contributed by atoms with Crippen LogP contribution in [0, 0.1) is 30.2 Å². The zero-order valence-corrected chi connectivity index (χ0v) is 19.7. The average molecular weight is 500 g/mol. The van der Waals surface area contributed by atoms with Crippen LogP contribution in [0.3, 0.4) is 0 Å². The molecule has 0 radical (unpaired) electrons. The molecule has 4 rings (SSSR count). The summed E-state index contributed by atoms with van der Waals surface area (Å²) in [5.41, 5.74) is -0.641. The van der Waals surface area contributed by atoms with Crippen LogP contribution in [0.15, 0.2) is 23.1 Å². The molecule has 2 aliphatic rings. The van der Waals surface area contributed by atoms with Crippen molar-refractivity contribution in [1.82, 2.24) is 4.90 Å². The van der Waals surface area contributed by atoms with E-state index in [2.05, 4.69) is 0 Å². The molecule has 0 aliphatic carbocycles. The molecule has 2 saturated heterocycles. The van der Waals surface area contributed by atoms with Crippen molar-refractivity contribution in [2.24, 2.45) is 0 Å². The normalized spacial score (nSPS) is 16.9. The summed E-state index contributed by atoms with van der Waals surface area (Å²) in [6, 6.07) is 4.47. The van der Waals surface area contributed by atoms with Crippen molar-refractivity contribution in [3.63, 3.8) is 0 Å². The highest BCUT2D eigenvalue weighted by Gasteiger charge is 2.32. The zero-order chi connectivity index (χ0) is 24.8. The minimum absolute atomic E-state index is 0.0205. The Kier molecular flexibility index (Phi) is 6.50. The summed E-state index contributed by atoms with van der Waals surface area (Å²) in [4.78, 5) is 18.1. The molecule has 0 unspecified atom stereocenters. The number of piperazine rings is 1. The molecule has 2 aliphatic heterocycles. The maximum absolute atomic E-state index is 14.4. The van der Waals surface area contributed by atoms with Gasteiger partial charge in [0.25, 0.3) is 5.91 Å². The van der Waals surface area contributed by atoms with Gasteiger partial charge in [-0.15, -0.1) is 0 Å². The van der Waals surface area contributed by atoms with E-state index in [0.717, 1.165) is 39.1 Å². The monoisotopic (exact) mass is 499 g/mol. The van der Waals surface area contributed by atoms with Crippen molar-refractivity contribution in [3.05, 3.63) is 52.6 Å². The summed E-state index contributed by atoms with van der Waals surface area (Å²) in [7, 11) is -3.55. The van der Waals surface area contributed by atoms with Gasteiger partial charge in [-0.1, -0.05) is 0 Å². The van der Waals surface area contributed by atoms with Crippen LogP contribution >= 0.6 is 0 Å². The van der Waals surface area contributed by atoms with E-state index in [9.17, 15) is 30.8 Å². The molecule has 1 amide bonds. The molecule has 6 nitrogen and oxygen atoms in total. The average Bonchev–Trinajstić information content (AvgIpc) is 3.35. The van der Waals surface area contributed by atoms with E-state index in [1.54, 1.807) is 6.07 Å². The number of halogens is 4. The molecule has 2 aromatic carbocycles. The summed E-state index contributed by atoms with van der Waals surface area (Å²) in [6.07, 6.45) is 2.98. The van der Waals surface area contributed by atoms with Crippen LogP contribution in [0.1, 0.15) is 28.8 Å². The maximum atomic E-state index is 14.4. The molecule has 184 valence electrons. The number of hydrogen-bond acceptors (Lipinski definition) is 5. The van der Waals surface area contributed by atoms with Gasteiger partial charge < -0.3 is 14.7 Å². The van der Waals surface area contributed by atoms with Gasteiger partial charge in [0, 0.05) is 56.8 Å². The molecule has 2 fully saturated rings. The maximum Gasteiger partial charge on any atom is 0.256 e. The predicted molar refractivity (Wildman–Crippen MR) is 120 cm³/mol. The van der Waals surface area contributed by atoms with E-state index in [1.165, 1.54) is 21.9 Å². The largest absolute Gasteiger partial charge is 0.371 e. The fourth-order valence-electron chi connectivity index (χ4n) is 4.46. The number of carbonyl (C=O) groups excluding carboxylic acids is 1. The van der Waals surface area contributed by atoms with Crippen LogP contribution in [0.2, 0.25) is 0 Å². The Bertz CT molecular complexity index is 1210. The van der Waals surface area contributed by atoms with Crippen LogP contribution in [-0.4, -0.2) is 64.7 Å². The first-order chi connectivity index (χ1) is 16.0. The van der Waals surface area contributed by atoms with Crippen LogP contribution < -0.4 is 9.80 Å². The first kappa shape index (κ1) is 24.3. The summed E-state index contributed by atoms with van der Waals surface area (Å²) in [6.45, 7) is 2.43. The SMILES string of the molecule is Cc1c(F)c(F)c(N2CCN(C(=O)c3cc(S(C)(=O)=O)ccc3N3CCCC3)CC2)c(F)c1F. The number of anilines is 2. The quantitative estimate of drug-likeness (QED) is 0.476. The highest BCUT2D eigenvalue weighted by atomic mass is 32.2. The smallest absolute Gasteiger partial charge is 0.256 e. The molecule has 11 heteroatoms. The lowest BCUT2D eigenvalue weighted by atomic mass is 10.1. The molecule has 0 N–H and O–H groups in total. The van der Waals surface area contributed by atoms with E-state index in [4.69, 9.17) is 0 Å². The van der Waals surface area contributed by atoms with Crippen molar-refractivity contribution >= 4 is 27.1 Å². The van der Waals surface area contributed by atoms with Gasteiger partial charge in [0.15, 0.2) is 33.1 Å². The third-order valence-electron chi connectivity index (χ3n) is 6.42. The summed E-state index contributed by atoms with van der Waals surface area (Å²) < 4.78 is 81.0. The Balaban J connectivity index is 1.60. The van der Waals surface area contributed by atoms with Crippen LogP contribution in [0.4, 0.5) is 28.9 Å². The second-order valence-electron chi connectivity index (χ2n) is 8.65. The van der Waals surface area contributed by atoms with Gasteiger partial charge in [-0.3, -0.25) is 4.79 Å². The Morgan fingerprint density at radius 1 is 0.824 bits per heavy atom. The summed E-state index contributed by atoms with van der Waals surface area (Å²) in [5.74, 6) is -6.23. The second-order valence-corrected chi connectivity index (χ2v) is 10.7. The van der Waals surface area contributed by atoms with Crippen LogP contribution in [-0.2, 0) is 9.84 Å². The molecule has 0 atom stereocenters. The van der Waals surface area contributed by atoms with E-state index >= 15 is 0 Å². The lowest BCUT2D eigenvalue weighted by Crippen LogP contribution is -2.49. The number of amides is 1. The van der Waals surface area contributed by atoms with E-state index in [-0.39, 0.29) is 36.6 Å². The number of hydrogen-bond donors (Lipinski definition) is 0. The van der Waals surface area contributed by atoms with Gasteiger partial charge in [-0.25, -0.2) is 26.0 Å². The van der Waals surface area contributed by atoms with E-state index in [0.29, 0.717) is 5.69 Å². The molecule has 0 saturated carbocycles. The number of sulfone groups is 1. The zero-order valence-electron chi connectivity index (χ0n) is 18.9. The van der Waals surface area contributed by atoms with Gasteiger partial charge in [-0.05, 0) is 38.0 Å². The standard InChI is InChI=1S/C23H25F4N3O3S/c1-14-18(24)20(26)22(21(27)19(14)25)29-9-11-30(12-10-29)23(31)16-13-15(34(2,32)33)5-6-17(16)28-7-3-4-8-28/h5-6,13H,3-4,7-12H2,1-2H3. The third-order valence-corrected chi connectivity index (χ3v) is 7.53. The molecular weight excluding hydrogens is 474 g/mol. The predicted octanol–water partition coefficient (Wildman–Crippen LogP) is 3.52. The third kappa shape index (κ3) is 4.33.